The number of hydrogen-bond acceptors (Lipinski definition) is 6. The Bertz CT molecular complexity index is 1290. The zero-order valence-corrected chi connectivity index (χ0v) is 24.0. The largest absolute Gasteiger partial charge is 0.481 e. The molecular weight excluding hydrogens is 504 g/mol. The first-order valence-electron chi connectivity index (χ1n) is 15.6. The van der Waals surface area contributed by atoms with Crippen molar-refractivity contribution >= 4 is 22.7 Å². The number of benzene rings is 1. The summed E-state index contributed by atoms with van der Waals surface area (Å²) in [4.78, 5) is 38.1. The molecule has 4 aliphatic rings. The summed E-state index contributed by atoms with van der Waals surface area (Å²) >= 11 is 0. The maximum absolute atomic E-state index is 14.1. The maximum Gasteiger partial charge on any atom is 0.303 e. The van der Waals surface area contributed by atoms with Gasteiger partial charge in [-0.25, -0.2) is 4.98 Å². The summed E-state index contributed by atoms with van der Waals surface area (Å²) in [6.45, 7) is 2.37. The van der Waals surface area contributed by atoms with Crippen molar-refractivity contribution < 1.29 is 14.7 Å². The van der Waals surface area contributed by atoms with Crippen LogP contribution in [0.5, 0.6) is 0 Å². The number of fused-ring (bicyclic) bond motifs is 5. The van der Waals surface area contributed by atoms with E-state index < -0.39 is 5.97 Å². The fourth-order valence-electron chi connectivity index (χ4n) is 8.97. The Morgan fingerprint density at radius 2 is 1.68 bits per heavy atom. The molecule has 2 aliphatic heterocycles. The number of aromatic nitrogens is 2. The summed E-state index contributed by atoms with van der Waals surface area (Å²) in [5, 5.41) is 13.3. The molecular formula is C32H44N4O4. The minimum atomic E-state index is -0.942. The quantitative estimate of drug-likeness (QED) is 0.332. The monoisotopic (exact) mass is 548 g/mol. The Balaban J connectivity index is 1.32. The Labute approximate surface area is 236 Å². The lowest BCUT2D eigenvalue weighted by molar-refractivity contribution is -0.136. The molecule has 1 N–H and O–H groups in total. The molecule has 2 aromatic rings. The Kier molecular flexibility index (Phi) is 7.98. The molecule has 0 radical (unpaired) electrons. The fourth-order valence-corrected chi connectivity index (χ4v) is 8.97. The van der Waals surface area contributed by atoms with Crippen LogP contribution < -0.4 is 5.56 Å². The lowest BCUT2D eigenvalue weighted by atomic mass is 9.64. The maximum atomic E-state index is 14.1. The van der Waals surface area contributed by atoms with Gasteiger partial charge in [0.2, 0.25) is 0 Å². The highest BCUT2D eigenvalue weighted by molar-refractivity contribution is 6.00. The average molecular weight is 549 g/mol. The van der Waals surface area contributed by atoms with E-state index in [9.17, 15) is 14.7 Å². The van der Waals surface area contributed by atoms with E-state index in [2.05, 4.69) is 22.0 Å². The van der Waals surface area contributed by atoms with Gasteiger partial charge in [0.1, 0.15) is 12.8 Å². The van der Waals surface area contributed by atoms with Gasteiger partial charge >= 0.3 is 5.97 Å². The van der Waals surface area contributed by atoms with E-state index in [0.29, 0.717) is 23.8 Å². The Morgan fingerprint density at radius 3 is 2.33 bits per heavy atom. The van der Waals surface area contributed by atoms with Crippen molar-refractivity contribution in [1.29, 1.82) is 0 Å². The van der Waals surface area contributed by atoms with Crippen molar-refractivity contribution in [3.63, 3.8) is 0 Å². The van der Waals surface area contributed by atoms with Gasteiger partial charge in [-0.1, -0.05) is 37.1 Å². The number of carboxylic acid groups (broad SMARTS) is 1. The molecule has 2 saturated heterocycles. The second-order valence-electron chi connectivity index (χ2n) is 12.9. The van der Waals surface area contributed by atoms with Crippen LogP contribution in [0.2, 0.25) is 0 Å². The van der Waals surface area contributed by atoms with Crippen LogP contribution in [0.15, 0.2) is 34.2 Å². The van der Waals surface area contributed by atoms with Crippen molar-refractivity contribution in [2.75, 3.05) is 7.11 Å². The molecule has 40 heavy (non-hydrogen) atoms. The van der Waals surface area contributed by atoms with Crippen LogP contribution in [-0.2, 0) is 9.63 Å². The van der Waals surface area contributed by atoms with Crippen molar-refractivity contribution in [2.45, 2.75) is 115 Å². The number of carboxylic acids is 1. The predicted molar refractivity (Wildman–Crippen MR) is 156 cm³/mol. The van der Waals surface area contributed by atoms with Gasteiger partial charge in [-0.3, -0.25) is 14.5 Å². The van der Waals surface area contributed by atoms with Crippen molar-refractivity contribution in [3.8, 4) is 0 Å². The predicted octanol–water partition coefficient (Wildman–Crippen LogP) is 5.77. The third-order valence-electron chi connectivity index (χ3n) is 10.4. The molecule has 7 atom stereocenters. The first kappa shape index (κ1) is 27.4. The van der Waals surface area contributed by atoms with E-state index in [4.69, 9.17) is 4.84 Å². The molecule has 4 fully saturated rings. The number of hydrogen-bond donors (Lipinski definition) is 1. The molecule has 2 aliphatic carbocycles. The number of carbonyl (C=O) groups is 1. The van der Waals surface area contributed by atoms with Gasteiger partial charge in [-0.05, 0) is 87.7 Å². The Hall–Kier alpha value is -2.74. The molecule has 6 rings (SSSR count). The molecule has 1 aromatic carbocycles. The van der Waals surface area contributed by atoms with E-state index in [1.165, 1.54) is 64.9 Å². The van der Waals surface area contributed by atoms with E-state index in [1.807, 2.05) is 28.8 Å². The van der Waals surface area contributed by atoms with Crippen LogP contribution in [0, 0.1) is 17.8 Å². The van der Waals surface area contributed by atoms with Crippen LogP contribution in [0.3, 0.4) is 0 Å². The van der Waals surface area contributed by atoms with E-state index >= 15 is 0 Å². The molecule has 2 saturated carbocycles. The molecule has 4 bridgehead atoms. The zero-order valence-electron chi connectivity index (χ0n) is 24.0. The third-order valence-corrected chi connectivity index (χ3v) is 10.4. The zero-order chi connectivity index (χ0) is 27.8. The second kappa shape index (κ2) is 11.6. The molecule has 0 amide bonds. The molecule has 8 heteroatoms. The van der Waals surface area contributed by atoms with E-state index in [0.717, 1.165) is 41.6 Å². The summed E-state index contributed by atoms with van der Waals surface area (Å²) in [6, 6.07) is 9.60. The number of nitrogens with zero attached hydrogens (tertiary/aromatic N) is 4. The number of piperidine rings is 2. The summed E-state index contributed by atoms with van der Waals surface area (Å²) < 4.78 is 1.97. The van der Waals surface area contributed by atoms with Crippen LogP contribution >= 0.6 is 0 Å². The van der Waals surface area contributed by atoms with Gasteiger partial charge in [-0.2, -0.15) is 0 Å². The minimum Gasteiger partial charge on any atom is -0.481 e. The molecule has 0 spiro atoms. The van der Waals surface area contributed by atoms with Gasteiger partial charge in [0, 0.05) is 30.6 Å². The highest BCUT2D eigenvalue weighted by Gasteiger charge is 2.46. The highest BCUT2D eigenvalue weighted by atomic mass is 16.6. The van der Waals surface area contributed by atoms with Crippen LogP contribution in [-0.4, -0.2) is 56.5 Å². The second-order valence-corrected chi connectivity index (χ2v) is 12.9. The van der Waals surface area contributed by atoms with Crippen LogP contribution in [0.25, 0.3) is 11.0 Å². The number of para-hydroxylation sites is 2. The molecule has 216 valence electrons. The van der Waals surface area contributed by atoms with Gasteiger partial charge in [0.05, 0.1) is 17.5 Å². The van der Waals surface area contributed by atoms with Gasteiger partial charge in [-0.15, -0.1) is 0 Å². The van der Waals surface area contributed by atoms with Crippen molar-refractivity contribution in [1.82, 2.24) is 14.5 Å². The lowest BCUT2D eigenvalue weighted by Crippen LogP contribution is -2.59. The number of aliphatic carboxylic acids is 1. The fraction of sp³-hybridized carbons (Fsp3) is 0.688. The summed E-state index contributed by atoms with van der Waals surface area (Å²) in [5.74, 6) is 1.76. The summed E-state index contributed by atoms with van der Waals surface area (Å²) in [6.07, 6.45) is 13.9. The lowest BCUT2D eigenvalue weighted by Gasteiger charge is -2.56. The SMILES string of the molecule is CCC1CC2CC(N3C4CCC[C@@H]3CC(n3c(=O)c(/C(CCC(=O)O)=N/OC)nc5ccccc53)C4)C[C@@H](C1)C2. The average Bonchev–Trinajstić information content (AvgIpc) is 2.93. The highest BCUT2D eigenvalue weighted by Crippen LogP contribution is 2.49. The first-order chi connectivity index (χ1) is 19.4. The minimum absolute atomic E-state index is 0.0848. The smallest absolute Gasteiger partial charge is 0.303 e. The summed E-state index contributed by atoms with van der Waals surface area (Å²) in [5.41, 5.74) is 1.90. The van der Waals surface area contributed by atoms with Gasteiger partial charge in [0.15, 0.2) is 5.69 Å². The van der Waals surface area contributed by atoms with Crippen LogP contribution in [0.1, 0.15) is 102 Å². The van der Waals surface area contributed by atoms with Crippen molar-refractivity contribution in [3.05, 3.63) is 40.3 Å². The standard InChI is InChI=1S/C32H44N4O4/c1-3-20-13-21-15-22(14-20)17-25(16-21)35-23-7-6-8-24(35)19-26(18-23)36-29-10-5-4-9-27(29)33-31(32(36)39)28(34-40-2)11-12-30(37)38/h4-5,9-10,20-26H,3,6-8,11-19H2,1-2H3,(H,37,38)/b34-28+/t20?,21-,22?,23+,24?,25?,26?/m0/s1. The Morgan fingerprint density at radius 1 is 0.975 bits per heavy atom. The topological polar surface area (TPSA) is 97.0 Å². The first-order valence-corrected chi connectivity index (χ1v) is 15.6. The van der Waals surface area contributed by atoms with E-state index in [-0.39, 0.29) is 30.1 Å². The van der Waals surface area contributed by atoms with Gasteiger partial charge < -0.3 is 14.5 Å². The third kappa shape index (κ3) is 5.31. The number of rotatable bonds is 8. The molecule has 8 nitrogen and oxygen atoms in total. The van der Waals surface area contributed by atoms with E-state index in [1.54, 1.807) is 0 Å². The van der Waals surface area contributed by atoms with Crippen LogP contribution in [0.4, 0.5) is 0 Å². The van der Waals surface area contributed by atoms with Crippen molar-refractivity contribution in [2.24, 2.45) is 22.9 Å². The number of oxime groups is 1. The molecule has 1 aromatic heterocycles. The summed E-state index contributed by atoms with van der Waals surface area (Å²) in [7, 11) is 1.42. The normalized spacial score (nSPS) is 32.6. The molecule has 5 unspecified atom stereocenters. The molecule has 3 heterocycles. The van der Waals surface area contributed by atoms with Gasteiger partial charge in [0.25, 0.3) is 5.56 Å².